The lowest BCUT2D eigenvalue weighted by Gasteiger charge is -2.40. The molecular formula is C35H47N3O6. The number of aliphatic hydroxyl groups is 1. The minimum absolute atomic E-state index is 0.0455. The summed E-state index contributed by atoms with van der Waals surface area (Å²) in [6.45, 7) is 12.5. The van der Waals surface area contributed by atoms with Crippen LogP contribution in [-0.4, -0.2) is 70.3 Å². The molecule has 2 aromatic rings. The van der Waals surface area contributed by atoms with E-state index in [1.807, 2.05) is 51.1 Å². The molecule has 9 nitrogen and oxygen atoms in total. The Bertz CT molecular complexity index is 1350. The molecule has 3 fully saturated rings. The Kier molecular flexibility index (Phi) is 8.84. The topological polar surface area (TPSA) is 117 Å². The Labute approximate surface area is 260 Å². The van der Waals surface area contributed by atoms with Crippen LogP contribution in [0.5, 0.6) is 5.75 Å². The molecule has 2 bridgehead atoms. The third-order valence-electron chi connectivity index (χ3n) is 9.07. The van der Waals surface area contributed by atoms with Gasteiger partial charge in [0.15, 0.2) is 0 Å². The Morgan fingerprint density at radius 2 is 1.75 bits per heavy atom. The molecule has 3 aliphatic heterocycles. The van der Waals surface area contributed by atoms with Crippen LogP contribution in [0.25, 0.3) is 0 Å². The monoisotopic (exact) mass is 605 g/mol. The van der Waals surface area contributed by atoms with Gasteiger partial charge in [0.05, 0.1) is 37.2 Å². The van der Waals surface area contributed by atoms with Gasteiger partial charge in [0.25, 0.3) is 0 Å². The highest BCUT2D eigenvalue weighted by Gasteiger charge is 2.75. The minimum atomic E-state index is -1.16. The zero-order valence-corrected chi connectivity index (χ0v) is 26.8. The molecule has 9 heteroatoms. The number of ether oxygens (including phenoxy) is 2. The second-order valence-electron chi connectivity index (χ2n) is 14.4. The fourth-order valence-corrected chi connectivity index (χ4v) is 8.02. The molecule has 0 aliphatic carbocycles. The average Bonchev–Trinajstić information content (AvgIpc) is 3.59. The number of carbonyl (C=O) groups is 3. The molecule has 3 saturated heterocycles. The second kappa shape index (κ2) is 12.2. The number of carbonyl (C=O) groups excluding carboxylic acids is 3. The van der Waals surface area contributed by atoms with Gasteiger partial charge in [-0.15, -0.1) is 0 Å². The molecule has 3 N–H and O–H groups in total. The molecular weight excluding hydrogens is 558 g/mol. The molecule has 6 atom stereocenters. The van der Waals surface area contributed by atoms with E-state index in [9.17, 15) is 19.5 Å². The molecule has 0 aromatic heterocycles. The number of likely N-dealkylation sites (tertiary alicyclic amines) is 1. The first-order valence-electron chi connectivity index (χ1n) is 15.8. The molecule has 0 radical (unpaired) electrons. The lowest BCUT2D eigenvalue weighted by Crippen LogP contribution is -2.61. The molecule has 2 unspecified atom stereocenters. The molecule has 1 spiro atoms. The van der Waals surface area contributed by atoms with E-state index in [4.69, 9.17) is 9.47 Å². The maximum absolute atomic E-state index is 14.5. The molecule has 5 rings (SSSR count). The van der Waals surface area contributed by atoms with Crippen LogP contribution in [-0.2, 0) is 25.5 Å². The van der Waals surface area contributed by atoms with Crippen LogP contribution >= 0.6 is 0 Å². The summed E-state index contributed by atoms with van der Waals surface area (Å²) >= 11 is 0. The van der Waals surface area contributed by atoms with Gasteiger partial charge in [-0.25, -0.2) is 0 Å². The van der Waals surface area contributed by atoms with Gasteiger partial charge in [0, 0.05) is 11.2 Å². The largest absolute Gasteiger partial charge is 0.494 e. The third-order valence-corrected chi connectivity index (χ3v) is 9.07. The highest BCUT2D eigenvalue weighted by atomic mass is 16.5. The van der Waals surface area contributed by atoms with E-state index in [2.05, 4.69) is 31.4 Å². The van der Waals surface area contributed by atoms with E-state index < -0.39 is 41.2 Å². The molecule has 238 valence electrons. The smallest absolute Gasteiger partial charge is 0.246 e. The molecule has 44 heavy (non-hydrogen) atoms. The number of hydrogen-bond donors (Lipinski definition) is 3. The number of aliphatic hydroxyl groups excluding tert-OH is 1. The van der Waals surface area contributed by atoms with Gasteiger partial charge in [-0.2, -0.15) is 0 Å². The lowest BCUT2D eigenvalue weighted by atomic mass is 9.70. The van der Waals surface area contributed by atoms with Gasteiger partial charge in [-0.1, -0.05) is 51.1 Å². The number of fused-ring (bicyclic) bond motifs is 1. The summed E-state index contributed by atoms with van der Waals surface area (Å²) in [6, 6.07) is 15.1. The Hall–Kier alpha value is -3.43. The summed E-state index contributed by atoms with van der Waals surface area (Å²) in [7, 11) is 0. The van der Waals surface area contributed by atoms with Crippen LogP contribution in [0.2, 0.25) is 0 Å². The number of nitrogens with one attached hydrogen (secondary N) is 2. The first kappa shape index (κ1) is 32.0. The zero-order valence-electron chi connectivity index (χ0n) is 26.8. The van der Waals surface area contributed by atoms with Crippen LogP contribution in [0.15, 0.2) is 54.6 Å². The summed E-state index contributed by atoms with van der Waals surface area (Å²) in [4.78, 5) is 44.3. The predicted molar refractivity (Wildman–Crippen MR) is 168 cm³/mol. The number of rotatable bonds is 11. The maximum Gasteiger partial charge on any atom is 0.246 e. The van der Waals surface area contributed by atoms with Crippen LogP contribution in [0.4, 0.5) is 5.69 Å². The van der Waals surface area contributed by atoms with E-state index in [1.54, 1.807) is 29.2 Å². The fraction of sp³-hybridized carbons (Fsp3) is 0.571. The van der Waals surface area contributed by atoms with E-state index in [1.165, 1.54) is 0 Å². The SMILES string of the molecule is CCOc1ccc(NC(=O)[C@@H]2[C@H]3C(=O)N([C@@H](CO)Cc4ccccc4)C(C(=O)NC(C)(C)CC(C)(C)C)C34CC[C@H]2O4)cc1. The Morgan fingerprint density at radius 3 is 2.36 bits per heavy atom. The molecule has 3 aliphatic rings. The summed E-state index contributed by atoms with van der Waals surface area (Å²) in [6.07, 6.45) is 1.66. The molecule has 2 aromatic carbocycles. The van der Waals surface area contributed by atoms with Crippen molar-refractivity contribution in [2.75, 3.05) is 18.5 Å². The van der Waals surface area contributed by atoms with Crippen molar-refractivity contribution < 1.29 is 29.0 Å². The first-order chi connectivity index (χ1) is 20.8. The van der Waals surface area contributed by atoms with Crippen molar-refractivity contribution in [2.24, 2.45) is 17.3 Å². The van der Waals surface area contributed by atoms with Gasteiger partial charge < -0.3 is 30.1 Å². The van der Waals surface area contributed by atoms with Gasteiger partial charge in [0.1, 0.15) is 17.4 Å². The number of benzene rings is 2. The van der Waals surface area contributed by atoms with E-state index in [0.29, 0.717) is 43.7 Å². The van der Waals surface area contributed by atoms with Gasteiger partial charge in [-0.05, 0) is 81.7 Å². The normalized spacial score (nSPS) is 26.8. The van der Waals surface area contributed by atoms with Crippen molar-refractivity contribution >= 4 is 23.4 Å². The second-order valence-corrected chi connectivity index (χ2v) is 14.4. The molecule has 3 amide bonds. The van der Waals surface area contributed by atoms with Crippen molar-refractivity contribution in [1.82, 2.24) is 10.2 Å². The minimum Gasteiger partial charge on any atom is -0.494 e. The van der Waals surface area contributed by atoms with Crippen molar-refractivity contribution in [3.05, 3.63) is 60.2 Å². The number of amides is 3. The number of hydrogen-bond acceptors (Lipinski definition) is 6. The van der Waals surface area contributed by atoms with E-state index >= 15 is 0 Å². The van der Waals surface area contributed by atoms with Gasteiger partial charge >= 0.3 is 0 Å². The van der Waals surface area contributed by atoms with Crippen molar-refractivity contribution in [3.63, 3.8) is 0 Å². The molecule has 3 heterocycles. The first-order valence-corrected chi connectivity index (χ1v) is 15.8. The van der Waals surface area contributed by atoms with Gasteiger partial charge in [-0.3, -0.25) is 14.4 Å². The van der Waals surface area contributed by atoms with Crippen LogP contribution in [0.1, 0.15) is 66.4 Å². The number of anilines is 1. The van der Waals surface area contributed by atoms with Gasteiger partial charge in [0.2, 0.25) is 17.7 Å². The predicted octanol–water partition coefficient (Wildman–Crippen LogP) is 4.33. The van der Waals surface area contributed by atoms with Crippen molar-refractivity contribution in [2.45, 2.75) is 96.6 Å². The van der Waals surface area contributed by atoms with Crippen LogP contribution < -0.4 is 15.4 Å². The van der Waals surface area contributed by atoms with E-state index in [-0.39, 0.29) is 29.7 Å². The Balaban J connectivity index is 1.48. The summed E-state index contributed by atoms with van der Waals surface area (Å²) < 4.78 is 12.1. The maximum atomic E-state index is 14.5. The summed E-state index contributed by atoms with van der Waals surface area (Å²) in [5, 5.41) is 16.9. The van der Waals surface area contributed by atoms with Crippen molar-refractivity contribution in [3.8, 4) is 5.75 Å². The lowest BCUT2D eigenvalue weighted by molar-refractivity contribution is -0.146. The number of nitrogens with zero attached hydrogens (tertiary/aromatic N) is 1. The van der Waals surface area contributed by atoms with Crippen LogP contribution in [0.3, 0.4) is 0 Å². The standard InChI is InChI=1S/C35H47N3O6/c1-7-43-25-15-13-23(14-16-25)36-30(40)27-26-17-18-35(44-26)28(27)32(42)38(24(20-39)19-22-11-9-8-10-12-22)29(35)31(41)37-34(5,6)21-33(2,3)4/h8-16,24,26-29,39H,7,17-21H2,1-6H3,(H,36,40)(H,37,41)/t24-,26-,27+,28+,29?,35?/m1/s1. The average molecular weight is 606 g/mol. The Morgan fingerprint density at radius 1 is 1.07 bits per heavy atom. The highest BCUT2D eigenvalue weighted by molar-refractivity contribution is 6.02. The fourth-order valence-electron chi connectivity index (χ4n) is 8.02. The zero-order chi connectivity index (χ0) is 31.9. The highest BCUT2D eigenvalue weighted by Crippen LogP contribution is 2.59. The quantitative estimate of drug-likeness (QED) is 0.351. The van der Waals surface area contributed by atoms with Crippen molar-refractivity contribution in [1.29, 1.82) is 0 Å². The van der Waals surface area contributed by atoms with E-state index in [0.717, 1.165) is 5.56 Å². The summed E-state index contributed by atoms with van der Waals surface area (Å²) in [5.41, 5.74) is -0.234. The van der Waals surface area contributed by atoms with Crippen LogP contribution in [0, 0.1) is 17.3 Å². The third kappa shape index (κ3) is 6.22. The molecule has 0 saturated carbocycles. The summed E-state index contributed by atoms with van der Waals surface area (Å²) in [5.74, 6) is -1.84.